The van der Waals surface area contributed by atoms with E-state index in [1.54, 1.807) is 0 Å². The van der Waals surface area contributed by atoms with Crippen LogP contribution in [0.4, 0.5) is 0 Å². The number of nitrogen functional groups attached to an aromatic ring is 1. The lowest BCUT2D eigenvalue weighted by atomic mass is 10.1. The maximum Gasteiger partial charge on any atom is 0.325 e. The molecule has 6 heteroatoms. The molecular weight excluding hydrogens is 210 g/mol. The van der Waals surface area contributed by atoms with E-state index >= 15 is 0 Å². The van der Waals surface area contributed by atoms with Crippen molar-refractivity contribution in [3.05, 3.63) is 29.3 Å². The summed E-state index contributed by atoms with van der Waals surface area (Å²) >= 11 is 0. The number of hydrogen-bond donors (Lipinski definition) is 4. The molecule has 0 bridgehead atoms. The normalized spacial score (nSPS) is 10.5. The molecule has 0 saturated carbocycles. The third-order valence-corrected chi connectivity index (χ3v) is 1.80. The van der Waals surface area contributed by atoms with E-state index in [0.29, 0.717) is 11.1 Å². The van der Waals surface area contributed by atoms with Crippen LogP contribution >= 0.6 is 0 Å². The average molecular weight is 221 g/mol. The molecule has 0 aliphatic heterocycles. The second-order valence-electron chi connectivity index (χ2n) is 3.05. The average Bonchev–Trinajstić information content (AvgIpc) is 2.20. The maximum absolute atomic E-state index is 10.2. The first-order chi connectivity index (χ1) is 7.50. The van der Waals surface area contributed by atoms with Crippen molar-refractivity contribution < 1.29 is 15.0 Å². The van der Waals surface area contributed by atoms with E-state index in [9.17, 15) is 9.90 Å². The first-order valence-electron chi connectivity index (χ1n) is 4.39. The minimum absolute atomic E-state index is 0.0425. The molecule has 0 aromatic heterocycles. The highest BCUT2D eigenvalue weighted by Crippen LogP contribution is 2.16. The van der Waals surface area contributed by atoms with Crippen molar-refractivity contribution in [3.63, 3.8) is 0 Å². The number of carboxylic acids is 1. The van der Waals surface area contributed by atoms with Crippen LogP contribution in [0.1, 0.15) is 11.1 Å². The van der Waals surface area contributed by atoms with Gasteiger partial charge in [0.2, 0.25) is 0 Å². The van der Waals surface area contributed by atoms with Crippen molar-refractivity contribution in [3.8, 4) is 5.75 Å². The van der Waals surface area contributed by atoms with Crippen LogP contribution in [0.5, 0.6) is 5.75 Å². The number of carbonyl (C=O) groups is 1. The fraction of sp³-hybridized carbons (Fsp3) is 0.100. The first-order valence-corrected chi connectivity index (χ1v) is 4.39. The molecule has 0 aliphatic rings. The Morgan fingerprint density at radius 1 is 1.56 bits per heavy atom. The van der Waals surface area contributed by atoms with Crippen LogP contribution in [0.15, 0.2) is 23.2 Å². The van der Waals surface area contributed by atoms with Gasteiger partial charge in [0.15, 0.2) is 0 Å². The Labute approximate surface area is 91.6 Å². The summed E-state index contributed by atoms with van der Waals surface area (Å²) in [4.78, 5) is 13.8. The van der Waals surface area contributed by atoms with Crippen LogP contribution in [0.2, 0.25) is 0 Å². The molecule has 0 spiro atoms. The Bertz CT molecular complexity index is 455. The van der Waals surface area contributed by atoms with E-state index in [2.05, 4.69) is 4.99 Å². The van der Waals surface area contributed by atoms with Gasteiger partial charge in [0.25, 0.3) is 0 Å². The Balaban J connectivity index is 2.94. The van der Waals surface area contributed by atoms with E-state index in [1.165, 1.54) is 24.4 Å². The number of phenolic OH excluding ortho intramolecular Hbond substituents is 1. The van der Waals surface area contributed by atoms with Gasteiger partial charge in [-0.05, 0) is 18.2 Å². The van der Waals surface area contributed by atoms with Gasteiger partial charge in [0.05, 0.1) is 0 Å². The smallest absolute Gasteiger partial charge is 0.325 e. The predicted octanol–water partition coefficient (Wildman–Crippen LogP) is 0.180. The summed E-state index contributed by atoms with van der Waals surface area (Å²) in [5, 5.41) is 25.0. The highest BCUT2D eigenvalue weighted by Gasteiger charge is 2.02. The van der Waals surface area contributed by atoms with Crippen LogP contribution in [-0.4, -0.2) is 34.8 Å². The molecule has 0 fully saturated rings. The largest absolute Gasteiger partial charge is 0.507 e. The fourth-order valence-electron chi connectivity index (χ4n) is 1.05. The third kappa shape index (κ3) is 3.09. The second kappa shape index (κ2) is 4.92. The highest BCUT2D eigenvalue weighted by atomic mass is 16.4. The standard InChI is InChI=1S/C10H11N3O3/c11-10(12)6-1-2-8(14)7(3-6)4-13-5-9(15)16/h1-4,14H,5H2,(H3,11,12)(H,15,16). The molecule has 16 heavy (non-hydrogen) atoms. The predicted molar refractivity (Wildman–Crippen MR) is 59.2 cm³/mol. The third-order valence-electron chi connectivity index (χ3n) is 1.80. The van der Waals surface area contributed by atoms with E-state index in [4.69, 9.17) is 16.2 Å². The number of carboxylic acid groups (broad SMARTS) is 1. The van der Waals surface area contributed by atoms with Crippen molar-refractivity contribution in [1.82, 2.24) is 0 Å². The Hall–Kier alpha value is -2.37. The molecule has 0 radical (unpaired) electrons. The molecule has 84 valence electrons. The molecule has 1 rings (SSSR count). The number of amidine groups is 1. The number of nitrogens with zero attached hydrogens (tertiary/aromatic N) is 1. The number of rotatable bonds is 4. The van der Waals surface area contributed by atoms with Gasteiger partial charge in [0.1, 0.15) is 18.1 Å². The van der Waals surface area contributed by atoms with Gasteiger partial charge in [-0.3, -0.25) is 15.2 Å². The summed E-state index contributed by atoms with van der Waals surface area (Å²) in [6, 6.07) is 4.33. The van der Waals surface area contributed by atoms with E-state index in [0.717, 1.165) is 0 Å². The summed E-state index contributed by atoms with van der Waals surface area (Å²) in [5.41, 5.74) is 6.04. The van der Waals surface area contributed by atoms with Gasteiger partial charge in [-0.15, -0.1) is 0 Å². The van der Waals surface area contributed by atoms with Gasteiger partial charge in [-0.25, -0.2) is 0 Å². The lowest BCUT2D eigenvalue weighted by Gasteiger charge is -2.02. The summed E-state index contributed by atoms with van der Waals surface area (Å²) in [6.45, 7) is -0.371. The Kier molecular flexibility index (Phi) is 3.60. The SMILES string of the molecule is N=C(N)c1ccc(O)c(C=NCC(=O)O)c1. The molecule has 0 atom stereocenters. The molecule has 1 aromatic rings. The van der Waals surface area contributed by atoms with Crippen LogP contribution in [0.25, 0.3) is 0 Å². The number of benzene rings is 1. The van der Waals surface area contributed by atoms with Gasteiger partial charge in [0, 0.05) is 17.3 Å². The zero-order chi connectivity index (χ0) is 12.1. The van der Waals surface area contributed by atoms with Crippen LogP contribution < -0.4 is 5.73 Å². The summed E-state index contributed by atoms with van der Waals surface area (Å²) < 4.78 is 0. The minimum atomic E-state index is -1.06. The van der Waals surface area contributed by atoms with Gasteiger partial charge in [-0.1, -0.05) is 0 Å². The quantitative estimate of drug-likeness (QED) is 0.428. The van der Waals surface area contributed by atoms with Gasteiger partial charge < -0.3 is 15.9 Å². The second-order valence-corrected chi connectivity index (χ2v) is 3.05. The van der Waals surface area contributed by atoms with E-state index < -0.39 is 5.97 Å². The zero-order valence-electron chi connectivity index (χ0n) is 8.34. The Morgan fingerprint density at radius 3 is 2.81 bits per heavy atom. The van der Waals surface area contributed by atoms with Crippen LogP contribution in [0.3, 0.4) is 0 Å². The molecule has 1 aromatic carbocycles. The molecule has 6 nitrogen and oxygen atoms in total. The number of nitrogens with two attached hydrogens (primary N) is 1. The number of phenols is 1. The number of nitrogens with one attached hydrogen (secondary N) is 1. The molecule has 0 heterocycles. The molecule has 0 unspecified atom stereocenters. The number of aromatic hydroxyl groups is 1. The molecule has 0 aliphatic carbocycles. The molecule has 5 N–H and O–H groups in total. The van der Waals surface area contributed by atoms with E-state index in [1.807, 2.05) is 0 Å². The maximum atomic E-state index is 10.2. The van der Waals surface area contributed by atoms with Gasteiger partial charge in [-0.2, -0.15) is 0 Å². The summed E-state index contributed by atoms with van der Waals surface area (Å²) in [5.74, 6) is -1.23. The first kappa shape index (κ1) is 11.7. The van der Waals surface area contributed by atoms with Crippen LogP contribution in [-0.2, 0) is 4.79 Å². The summed E-state index contributed by atoms with van der Waals surface area (Å²) in [6.07, 6.45) is 1.23. The number of aliphatic carboxylic acids is 1. The van der Waals surface area contributed by atoms with Gasteiger partial charge >= 0.3 is 5.97 Å². The highest BCUT2D eigenvalue weighted by molar-refractivity contribution is 5.97. The zero-order valence-corrected chi connectivity index (χ0v) is 8.34. The van der Waals surface area contributed by atoms with Crippen LogP contribution in [0, 0.1) is 5.41 Å². The van der Waals surface area contributed by atoms with Crippen molar-refractivity contribution in [2.45, 2.75) is 0 Å². The lowest BCUT2D eigenvalue weighted by molar-refractivity contribution is -0.135. The summed E-state index contributed by atoms with van der Waals surface area (Å²) in [7, 11) is 0. The fourth-order valence-corrected chi connectivity index (χ4v) is 1.05. The van der Waals surface area contributed by atoms with Crippen molar-refractivity contribution in [2.24, 2.45) is 10.7 Å². The lowest BCUT2D eigenvalue weighted by Crippen LogP contribution is -2.11. The van der Waals surface area contributed by atoms with Crippen molar-refractivity contribution >= 4 is 18.0 Å². The van der Waals surface area contributed by atoms with E-state index in [-0.39, 0.29) is 18.1 Å². The van der Waals surface area contributed by atoms with Crippen molar-refractivity contribution in [2.75, 3.05) is 6.54 Å². The molecular formula is C10H11N3O3. The monoisotopic (exact) mass is 221 g/mol. The molecule has 0 saturated heterocycles. The number of aliphatic imine (C=N–C) groups is 1. The topological polar surface area (TPSA) is 120 Å². The van der Waals surface area contributed by atoms with Crippen molar-refractivity contribution in [1.29, 1.82) is 5.41 Å². The number of hydrogen-bond acceptors (Lipinski definition) is 4. The molecule has 0 amide bonds. The Morgan fingerprint density at radius 2 is 2.25 bits per heavy atom. The minimum Gasteiger partial charge on any atom is -0.507 e.